The third-order valence-electron chi connectivity index (χ3n) is 3.06. The van der Waals surface area contributed by atoms with E-state index >= 15 is 0 Å². The standard InChI is InChI=1S/C15H11FN4O3/c16-11-3-1-10(2-4-11)15-17-14(18-19-15)9-23-13-7-5-12(6-8-13)20(21)22/h1-8H,9H2,(H,17,18,19). The molecule has 1 heterocycles. The molecule has 0 atom stereocenters. The largest absolute Gasteiger partial charge is 0.486 e. The average molecular weight is 314 g/mol. The highest BCUT2D eigenvalue weighted by Crippen LogP contribution is 2.19. The van der Waals surface area contributed by atoms with E-state index < -0.39 is 4.92 Å². The molecule has 0 aliphatic carbocycles. The van der Waals surface area contributed by atoms with Gasteiger partial charge in [-0.3, -0.25) is 15.2 Å². The van der Waals surface area contributed by atoms with Gasteiger partial charge in [-0.1, -0.05) is 0 Å². The number of nitrogens with zero attached hydrogens (tertiary/aromatic N) is 3. The van der Waals surface area contributed by atoms with Crippen LogP contribution in [0.1, 0.15) is 5.82 Å². The van der Waals surface area contributed by atoms with Gasteiger partial charge < -0.3 is 4.74 Å². The highest BCUT2D eigenvalue weighted by Gasteiger charge is 2.08. The molecule has 0 saturated heterocycles. The quantitative estimate of drug-likeness (QED) is 0.577. The summed E-state index contributed by atoms with van der Waals surface area (Å²) < 4.78 is 18.4. The van der Waals surface area contributed by atoms with Crippen molar-refractivity contribution in [2.45, 2.75) is 6.61 Å². The third-order valence-corrected chi connectivity index (χ3v) is 3.06. The number of H-pyrrole nitrogens is 1. The van der Waals surface area contributed by atoms with Crippen molar-refractivity contribution in [3.63, 3.8) is 0 Å². The van der Waals surface area contributed by atoms with Gasteiger partial charge in [0.05, 0.1) is 4.92 Å². The minimum atomic E-state index is -0.477. The van der Waals surface area contributed by atoms with Crippen molar-refractivity contribution in [2.75, 3.05) is 0 Å². The van der Waals surface area contributed by atoms with Gasteiger partial charge >= 0.3 is 0 Å². The molecule has 3 aromatic rings. The Labute approximate surface area is 129 Å². The molecule has 0 radical (unpaired) electrons. The maximum atomic E-state index is 12.9. The van der Waals surface area contributed by atoms with E-state index in [1.54, 1.807) is 12.1 Å². The van der Waals surface area contributed by atoms with Crippen molar-refractivity contribution in [3.8, 4) is 17.1 Å². The second kappa shape index (κ2) is 6.22. The fourth-order valence-corrected chi connectivity index (χ4v) is 1.90. The minimum Gasteiger partial charge on any atom is -0.486 e. The molecule has 116 valence electrons. The van der Waals surface area contributed by atoms with Crippen LogP contribution in [-0.4, -0.2) is 20.1 Å². The van der Waals surface area contributed by atoms with E-state index in [0.29, 0.717) is 23.0 Å². The predicted octanol–water partition coefficient (Wildman–Crippen LogP) is 3.10. The Morgan fingerprint density at radius 3 is 2.48 bits per heavy atom. The van der Waals surface area contributed by atoms with Crippen molar-refractivity contribution in [1.29, 1.82) is 0 Å². The van der Waals surface area contributed by atoms with Gasteiger partial charge in [0.15, 0.2) is 11.6 Å². The van der Waals surface area contributed by atoms with E-state index in [-0.39, 0.29) is 18.1 Å². The second-order valence-corrected chi connectivity index (χ2v) is 4.65. The Kier molecular flexibility index (Phi) is 3.96. The zero-order valence-electron chi connectivity index (χ0n) is 11.8. The number of halogens is 1. The van der Waals surface area contributed by atoms with Gasteiger partial charge in [0, 0.05) is 17.7 Å². The summed E-state index contributed by atoms with van der Waals surface area (Å²) in [6, 6.07) is 11.6. The van der Waals surface area contributed by atoms with Crippen LogP contribution in [0.2, 0.25) is 0 Å². The fraction of sp³-hybridized carbons (Fsp3) is 0.0667. The summed E-state index contributed by atoms with van der Waals surface area (Å²) in [4.78, 5) is 14.3. The van der Waals surface area contributed by atoms with Crippen LogP contribution < -0.4 is 4.74 Å². The number of nitrogens with one attached hydrogen (secondary N) is 1. The van der Waals surface area contributed by atoms with E-state index in [9.17, 15) is 14.5 Å². The number of non-ortho nitro benzene ring substituents is 1. The van der Waals surface area contributed by atoms with Gasteiger partial charge in [-0.15, -0.1) is 0 Å². The molecule has 0 aliphatic rings. The maximum absolute atomic E-state index is 12.9. The molecule has 0 aliphatic heterocycles. The Morgan fingerprint density at radius 2 is 1.83 bits per heavy atom. The van der Waals surface area contributed by atoms with Crippen LogP contribution in [0.25, 0.3) is 11.4 Å². The summed E-state index contributed by atoms with van der Waals surface area (Å²) in [5.41, 5.74) is 0.680. The van der Waals surface area contributed by atoms with Crippen LogP contribution in [0, 0.1) is 15.9 Å². The molecule has 3 rings (SSSR count). The summed E-state index contributed by atoms with van der Waals surface area (Å²) in [6.07, 6.45) is 0. The zero-order valence-corrected chi connectivity index (χ0v) is 11.8. The van der Waals surface area contributed by atoms with Crippen LogP contribution in [-0.2, 0) is 6.61 Å². The lowest BCUT2D eigenvalue weighted by atomic mass is 10.2. The van der Waals surface area contributed by atoms with E-state index in [2.05, 4.69) is 15.2 Å². The number of hydrogen-bond acceptors (Lipinski definition) is 5. The van der Waals surface area contributed by atoms with E-state index in [1.165, 1.54) is 36.4 Å². The minimum absolute atomic E-state index is 0.00406. The van der Waals surface area contributed by atoms with Crippen molar-refractivity contribution >= 4 is 5.69 Å². The Morgan fingerprint density at radius 1 is 1.13 bits per heavy atom. The van der Waals surface area contributed by atoms with E-state index in [0.717, 1.165) is 0 Å². The van der Waals surface area contributed by atoms with Gasteiger partial charge in [0.2, 0.25) is 0 Å². The van der Waals surface area contributed by atoms with E-state index in [4.69, 9.17) is 4.74 Å². The molecule has 0 fully saturated rings. The molecule has 23 heavy (non-hydrogen) atoms. The molecule has 1 aromatic heterocycles. The lowest BCUT2D eigenvalue weighted by Gasteiger charge is -2.02. The molecule has 0 spiro atoms. The van der Waals surface area contributed by atoms with Crippen LogP contribution in [0.5, 0.6) is 5.75 Å². The summed E-state index contributed by atoms with van der Waals surface area (Å²) in [6.45, 7) is 0.131. The normalized spacial score (nSPS) is 10.5. The maximum Gasteiger partial charge on any atom is 0.269 e. The van der Waals surface area contributed by atoms with Crippen LogP contribution in [0.15, 0.2) is 48.5 Å². The van der Waals surface area contributed by atoms with Gasteiger partial charge in [-0.2, -0.15) is 5.10 Å². The van der Waals surface area contributed by atoms with Gasteiger partial charge in [0.25, 0.3) is 5.69 Å². The van der Waals surface area contributed by atoms with Crippen molar-refractivity contribution < 1.29 is 14.1 Å². The topological polar surface area (TPSA) is 93.9 Å². The van der Waals surface area contributed by atoms with Crippen molar-refractivity contribution in [1.82, 2.24) is 15.2 Å². The summed E-state index contributed by atoms with van der Waals surface area (Å²) >= 11 is 0. The predicted molar refractivity (Wildman–Crippen MR) is 79.2 cm³/mol. The number of rotatable bonds is 5. The zero-order chi connectivity index (χ0) is 16.2. The lowest BCUT2D eigenvalue weighted by molar-refractivity contribution is -0.384. The molecule has 2 aromatic carbocycles. The molecule has 0 saturated carbocycles. The van der Waals surface area contributed by atoms with Gasteiger partial charge in [-0.25, -0.2) is 9.37 Å². The fourth-order valence-electron chi connectivity index (χ4n) is 1.90. The van der Waals surface area contributed by atoms with Gasteiger partial charge in [0.1, 0.15) is 18.2 Å². The number of aromatic amines is 1. The Hall–Kier alpha value is -3.29. The van der Waals surface area contributed by atoms with Crippen LogP contribution >= 0.6 is 0 Å². The number of nitro benzene ring substituents is 1. The number of nitro groups is 1. The SMILES string of the molecule is O=[N+]([O-])c1ccc(OCc2nc(-c3ccc(F)cc3)n[nH]2)cc1. The first-order valence-electron chi connectivity index (χ1n) is 6.66. The average Bonchev–Trinajstić information content (AvgIpc) is 3.03. The van der Waals surface area contributed by atoms with E-state index in [1.807, 2.05) is 0 Å². The summed E-state index contributed by atoms with van der Waals surface area (Å²) in [7, 11) is 0. The molecular formula is C15H11FN4O3. The highest BCUT2D eigenvalue weighted by molar-refractivity contribution is 5.54. The smallest absolute Gasteiger partial charge is 0.269 e. The van der Waals surface area contributed by atoms with Crippen LogP contribution in [0.4, 0.5) is 10.1 Å². The molecule has 7 nitrogen and oxygen atoms in total. The van der Waals surface area contributed by atoms with Crippen LogP contribution in [0.3, 0.4) is 0 Å². The number of aromatic nitrogens is 3. The Balaban J connectivity index is 1.65. The number of hydrogen-bond donors (Lipinski definition) is 1. The third kappa shape index (κ3) is 3.49. The molecule has 1 N–H and O–H groups in total. The summed E-state index contributed by atoms with van der Waals surface area (Å²) in [5, 5.41) is 17.3. The Bertz CT molecular complexity index is 815. The monoisotopic (exact) mass is 314 g/mol. The second-order valence-electron chi connectivity index (χ2n) is 4.65. The molecule has 0 amide bonds. The first-order valence-corrected chi connectivity index (χ1v) is 6.66. The number of benzene rings is 2. The molecule has 8 heteroatoms. The molecular weight excluding hydrogens is 303 g/mol. The van der Waals surface area contributed by atoms with Crippen molar-refractivity contribution in [3.05, 3.63) is 70.3 Å². The first-order chi connectivity index (χ1) is 11.1. The summed E-state index contributed by atoms with van der Waals surface area (Å²) in [5.74, 6) is 1.08. The van der Waals surface area contributed by atoms with Gasteiger partial charge in [-0.05, 0) is 36.4 Å². The lowest BCUT2D eigenvalue weighted by Crippen LogP contribution is -1.98. The highest BCUT2D eigenvalue weighted by atomic mass is 19.1. The van der Waals surface area contributed by atoms with Crippen molar-refractivity contribution in [2.24, 2.45) is 0 Å². The first kappa shape index (κ1) is 14.6. The number of ether oxygens (including phenoxy) is 1. The molecule has 0 unspecified atom stereocenters. The molecule has 0 bridgehead atoms.